The van der Waals surface area contributed by atoms with E-state index in [1.54, 1.807) is 6.92 Å². The molecule has 0 amide bonds. The number of fused-ring (bicyclic) bond motifs is 1. The van der Waals surface area contributed by atoms with Crippen molar-refractivity contribution >= 4 is 38.3 Å². The minimum absolute atomic E-state index is 0.0180. The molecule has 1 aromatic carbocycles. The topological polar surface area (TPSA) is 127 Å². The number of sulfonamides is 1. The van der Waals surface area contributed by atoms with Gasteiger partial charge in [0.05, 0.1) is 35.8 Å². The SMILES string of the molecule is CCCS(=O)(=O)Nc1ccc(F)c(C(=O)c2c[nH]c3nc[nH+]c(NC4COC4)c23)c1F. The number of carbonyl (C=O) groups is 1. The predicted octanol–water partition coefficient (Wildman–Crippen LogP) is 1.85. The first-order valence-corrected chi connectivity index (χ1v) is 11.2. The lowest BCUT2D eigenvalue weighted by molar-refractivity contribution is -0.364. The third-order valence-corrected chi connectivity index (χ3v) is 6.28. The Hall–Kier alpha value is -3.12. The van der Waals surface area contributed by atoms with Gasteiger partial charge in [0.15, 0.2) is 5.82 Å². The van der Waals surface area contributed by atoms with Gasteiger partial charge in [-0.05, 0) is 18.6 Å². The average Bonchev–Trinajstić information content (AvgIpc) is 3.12. The van der Waals surface area contributed by atoms with E-state index in [4.69, 9.17) is 4.74 Å². The zero-order valence-corrected chi connectivity index (χ0v) is 17.3. The molecule has 0 unspecified atom stereocenters. The molecule has 1 fully saturated rings. The van der Waals surface area contributed by atoms with Gasteiger partial charge in [0.25, 0.3) is 0 Å². The summed E-state index contributed by atoms with van der Waals surface area (Å²) in [6.45, 7) is 2.61. The highest BCUT2D eigenvalue weighted by atomic mass is 32.2. The molecule has 1 saturated heterocycles. The Balaban J connectivity index is 1.76. The van der Waals surface area contributed by atoms with E-state index in [0.717, 1.165) is 12.1 Å². The van der Waals surface area contributed by atoms with Gasteiger partial charge < -0.3 is 9.72 Å². The second-order valence-electron chi connectivity index (χ2n) is 7.12. The molecule has 1 aliphatic rings. The van der Waals surface area contributed by atoms with E-state index < -0.39 is 38.7 Å². The van der Waals surface area contributed by atoms with E-state index in [9.17, 15) is 17.6 Å². The van der Waals surface area contributed by atoms with Gasteiger partial charge in [-0.3, -0.25) is 14.8 Å². The Morgan fingerprint density at radius 1 is 1.35 bits per heavy atom. The zero-order chi connectivity index (χ0) is 22.2. The van der Waals surface area contributed by atoms with E-state index in [2.05, 4.69) is 25.0 Å². The van der Waals surface area contributed by atoms with Crippen LogP contribution in [0.15, 0.2) is 24.7 Å². The summed E-state index contributed by atoms with van der Waals surface area (Å²) in [5, 5.41) is 3.50. The number of aromatic nitrogens is 3. The molecular weight excluding hydrogens is 432 g/mol. The van der Waals surface area contributed by atoms with Crippen LogP contribution in [0.3, 0.4) is 0 Å². The standard InChI is InChI=1S/C19H19F2N5O4S/c1-2-5-31(28,29)26-13-4-3-12(20)15(16(13)21)17(27)11-6-22-18-14(11)19(24-9-23-18)25-10-7-30-8-10/h3-4,6,9-10,26H,2,5,7-8H2,1H3,(H2,22,23,24,25)/p+1. The van der Waals surface area contributed by atoms with Crippen molar-refractivity contribution in [2.24, 2.45) is 0 Å². The van der Waals surface area contributed by atoms with Crippen molar-refractivity contribution in [2.45, 2.75) is 19.4 Å². The lowest BCUT2D eigenvalue weighted by Crippen LogP contribution is -2.41. The number of ketones is 1. The summed E-state index contributed by atoms with van der Waals surface area (Å²) < 4.78 is 60.8. The fourth-order valence-electron chi connectivity index (χ4n) is 3.28. The fraction of sp³-hybridized carbons (Fsp3) is 0.316. The maximum atomic E-state index is 15.1. The molecular formula is C19H20F2N5O4S+. The van der Waals surface area contributed by atoms with Crippen LogP contribution in [0.25, 0.3) is 11.0 Å². The Morgan fingerprint density at radius 3 is 2.81 bits per heavy atom. The molecule has 0 saturated carbocycles. The molecule has 9 nitrogen and oxygen atoms in total. The van der Waals surface area contributed by atoms with Gasteiger partial charge in [-0.15, -0.1) is 0 Å². The maximum absolute atomic E-state index is 15.1. The fourth-order valence-corrected chi connectivity index (χ4v) is 4.41. The van der Waals surface area contributed by atoms with Gasteiger partial charge in [-0.25, -0.2) is 22.2 Å². The average molecular weight is 452 g/mol. The van der Waals surface area contributed by atoms with Crippen LogP contribution < -0.4 is 15.0 Å². The molecule has 164 valence electrons. The quantitative estimate of drug-likeness (QED) is 0.448. The molecule has 4 rings (SSSR count). The summed E-state index contributed by atoms with van der Waals surface area (Å²) in [5.41, 5.74) is -1.04. The number of hydrogen-bond acceptors (Lipinski definition) is 6. The number of aromatic amines is 2. The zero-order valence-electron chi connectivity index (χ0n) is 16.5. The number of rotatable bonds is 8. The van der Waals surface area contributed by atoms with Gasteiger partial charge in [0.2, 0.25) is 33.6 Å². The molecule has 3 heterocycles. The number of ether oxygens (including phenoxy) is 1. The predicted molar refractivity (Wildman–Crippen MR) is 108 cm³/mol. The molecule has 31 heavy (non-hydrogen) atoms. The number of benzene rings is 1. The Morgan fingerprint density at radius 2 is 2.13 bits per heavy atom. The smallest absolute Gasteiger partial charge is 0.232 e. The largest absolute Gasteiger partial charge is 0.374 e. The first-order valence-electron chi connectivity index (χ1n) is 9.56. The Bertz CT molecular complexity index is 1260. The third-order valence-electron chi connectivity index (χ3n) is 4.80. The lowest BCUT2D eigenvalue weighted by Gasteiger charge is -2.24. The molecule has 0 spiro atoms. The van der Waals surface area contributed by atoms with Crippen LogP contribution in [0.4, 0.5) is 20.3 Å². The van der Waals surface area contributed by atoms with Gasteiger partial charge in [-0.1, -0.05) is 11.9 Å². The van der Waals surface area contributed by atoms with Crippen LogP contribution >= 0.6 is 0 Å². The van der Waals surface area contributed by atoms with E-state index in [1.165, 1.54) is 12.5 Å². The summed E-state index contributed by atoms with van der Waals surface area (Å²) in [4.78, 5) is 23.0. The monoisotopic (exact) mass is 452 g/mol. The van der Waals surface area contributed by atoms with Crippen LogP contribution in [0, 0.1) is 11.6 Å². The van der Waals surface area contributed by atoms with Gasteiger partial charge >= 0.3 is 0 Å². The van der Waals surface area contributed by atoms with Crippen molar-refractivity contribution in [3.63, 3.8) is 0 Å². The van der Waals surface area contributed by atoms with Crippen LogP contribution in [0.2, 0.25) is 0 Å². The van der Waals surface area contributed by atoms with Crippen LogP contribution in [0.5, 0.6) is 0 Å². The van der Waals surface area contributed by atoms with E-state index in [-0.39, 0.29) is 17.4 Å². The van der Waals surface area contributed by atoms with Gasteiger partial charge in [0.1, 0.15) is 17.2 Å². The first-order chi connectivity index (χ1) is 14.8. The van der Waals surface area contributed by atoms with Crippen LogP contribution in [0.1, 0.15) is 29.3 Å². The van der Waals surface area contributed by atoms with Gasteiger partial charge in [0, 0.05) is 6.20 Å². The highest BCUT2D eigenvalue weighted by Crippen LogP contribution is 2.29. The highest BCUT2D eigenvalue weighted by Gasteiger charge is 2.30. The van der Waals surface area contributed by atoms with E-state index in [1.807, 2.05) is 0 Å². The second kappa shape index (κ2) is 8.19. The molecule has 0 radical (unpaired) electrons. The third kappa shape index (κ3) is 4.08. The summed E-state index contributed by atoms with van der Waals surface area (Å²) in [6.07, 6.45) is 3.03. The minimum atomic E-state index is -3.83. The first kappa shape index (κ1) is 21.1. The Labute approximate surface area is 176 Å². The maximum Gasteiger partial charge on any atom is 0.232 e. The number of H-pyrrole nitrogens is 2. The minimum Gasteiger partial charge on any atom is -0.374 e. The van der Waals surface area contributed by atoms with Crippen LogP contribution in [-0.2, 0) is 14.8 Å². The number of hydrogen-bond donors (Lipinski definition) is 3. The number of halogens is 2. The lowest BCUT2D eigenvalue weighted by atomic mass is 10.0. The summed E-state index contributed by atoms with van der Waals surface area (Å²) >= 11 is 0. The van der Waals surface area contributed by atoms with Crippen molar-refractivity contribution in [3.05, 3.63) is 47.4 Å². The number of nitrogens with zero attached hydrogens (tertiary/aromatic N) is 1. The van der Waals surface area contributed by atoms with Crippen molar-refractivity contribution < 1.29 is 31.7 Å². The molecule has 0 aliphatic carbocycles. The van der Waals surface area contributed by atoms with E-state index >= 15 is 4.39 Å². The second-order valence-corrected chi connectivity index (χ2v) is 8.96. The molecule has 4 N–H and O–H groups in total. The van der Waals surface area contributed by atoms with Crippen molar-refractivity contribution in [3.8, 4) is 0 Å². The van der Waals surface area contributed by atoms with Crippen molar-refractivity contribution in [1.29, 1.82) is 0 Å². The van der Waals surface area contributed by atoms with Crippen molar-refractivity contribution in [1.82, 2.24) is 9.97 Å². The number of carbonyl (C=O) groups excluding carboxylic acids is 1. The Kier molecular flexibility index (Phi) is 5.58. The molecule has 0 atom stereocenters. The number of anilines is 2. The number of nitrogens with one attached hydrogen (secondary N) is 4. The summed E-state index contributed by atoms with van der Waals surface area (Å²) in [6, 6.07) is 1.82. The molecule has 2 aromatic heterocycles. The summed E-state index contributed by atoms with van der Waals surface area (Å²) in [7, 11) is -3.83. The van der Waals surface area contributed by atoms with Gasteiger partial charge in [-0.2, -0.15) is 0 Å². The summed E-state index contributed by atoms with van der Waals surface area (Å²) in [5.74, 6) is -3.13. The van der Waals surface area contributed by atoms with Crippen molar-refractivity contribution in [2.75, 3.05) is 29.0 Å². The normalized spacial score (nSPS) is 14.4. The molecule has 0 bridgehead atoms. The van der Waals surface area contributed by atoms with E-state index in [0.29, 0.717) is 36.5 Å². The molecule has 12 heteroatoms. The van der Waals surface area contributed by atoms with Crippen LogP contribution in [-0.4, -0.2) is 49.2 Å². The highest BCUT2D eigenvalue weighted by molar-refractivity contribution is 7.92. The molecule has 1 aliphatic heterocycles. The molecule has 3 aromatic rings.